The topological polar surface area (TPSA) is 129 Å². The van der Waals surface area contributed by atoms with Crippen molar-refractivity contribution in [2.75, 3.05) is 11.5 Å². The van der Waals surface area contributed by atoms with Gasteiger partial charge in [-0.15, -0.1) is 0 Å². The molecule has 0 aliphatic heterocycles. The maximum Gasteiger partial charge on any atom is 0.329 e. The SMILES string of the molecule is CCc1nn(C)c(S(=O)(=O)CCS(=O)(=O)Cl)c1[N+](=O)[O-]. The summed E-state index contributed by atoms with van der Waals surface area (Å²) in [7, 11) is -2.01. The second kappa shape index (κ2) is 5.66. The van der Waals surface area contributed by atoms with Crippen LogP contribution in [0.1, 0.15) is 12.6 Å². The summed E-state index contributed by atoms with van der Waals surface area (Å²) in [6.07, 6.45) is 0.174. The van der Waals surface area contributed by atoms with Gasteiger partial charge in [-0.05, 0) is 6.42 Å². The van der Waals surface area contributed by atoms with E-state index in [9.17, 15) is 26.9 Å². The fourth-order valence-electron chi connectivity index (χ4n) is 1.63. The molecule has 0 atom stereocenters. The maximum absolute atomic E-state index is 12.1. The zero-order valence-corrected chi connectivity index (χ0v) is 13.0. The molecule has 1 aromatic rings. The van der Waals surface area contributed by atoms with Crippen molar-refractivity contribution in [3.05, 3.63) is 15.8 Å². The lowest BCUT2D eigenvalue weighted by Gasteiger charge is -2.03. The summed E-state index contributed by atoms with van der Waals surface area (Å²) in [5.41, 5.74) is -0.605. The minimum absolute atomic E-state index is 0.0183. The van der Waals surface area contributed by atoms with Crippen molar-refractivity contribution < 1.29 is 21.8 Å². The molecule has 0 spiro atoms. The summed E-state index contributed by atoms with van der Waals surface area (Å²) in [6.45, 7) is 1.59. The Hall–Kier alpha value is -1.20. The third-order valence-electron chi connectivity index (χ3n) is 2.45. The van der Waals surface area contributed by atoms with Crippen LogP contribution in [0.2, 0.25) is 0 Å². The van der Waals surface area contributed by atoms with Gasteiger partial charge in [0, 0.05) is 17.7 Å². The van der Waals surface area contributed by atoms with Gasteiger partial charge in [0.15, 0.2) is 0 Å². The summed E-state index contributed by atoms with van der Waals surface area (Å²) in [4.78, 5) is 10.2. The number of sulfone groups is 1. The zero-order chi connectivity index (χ0) is 15.7. The number of aromatic nitrogens is 2. The molecule has 1 rings (SSSR count). The van der Waals surface area contributed by atoms with Crippen molar-refractivity contribution in [3.8, 4) is 0 Å². The van der Waals surface area contributed by atoms with Gasteiger partial charge in [0.2, 0.25) is 23.9 Å². The highest BCUT2D eigenvalue weighted by Crippen LogP contribution is 2.28. The lowest BCUT2D eigenvalue weighted by atomic mass is 10.3. The van der Waals surface area contributed by atoms with Crippen LogP contribution in [0.5, 0.6) is 0 Å². The van der Waals surface area contributed by atoms with E-state index in [1.807, 2.05) is 0 Å². The van der Waals surface area contributed by atoms with Crippen LogP contribution in [-0.2, 0) is 32.4 Å². The summed E-state index contributed by atoms with van der Waals surface area (Å²) in [5, 5.41) is 14.2. The van der Waals surface area contributed by atoms with Gasteiger partial charge in [0.1, 0.15) is 5.69 Å². The Morgan fingerprint density at radius 2 is 1.85 bits per heavy atom. The Kier molecular flexibility index (Phi) is 4.77. The van der Waals surface area contributed by atoms with Crippen molar-refractivity contribution in [2.45, 2.75) is 18.4 Å². The van der Waals surface area contributed by atoms with Crippen molar-refractivity contribution in [1.82, 2.24) is 9.78 Å². The quantitative estimate of drug-likeness (QED) is 0.410. The molecular formula is C8H12ClN3O6S2. The van der Waals surface area contributed by atoms with Crippen LogP contribution in [0, 0.1) is 10.1 Å². The Morgan fingerprint density at radius 1 is 1.30 bits per heavy atom. The first-order valence-electron chi connectivity index (χ1n) is 5.35. The largest absolute Gasteiger partial charge is 0.329 e. The monoisotopic (exact) mass is 345 g/mol. The third-order valence-corrected chi connectivity index (χ3v) is 5.65. The predicted octanol–water partition coefficient (Wildman–Crippen LogP) is 0.233. The second-order valence-corrected chi connectivity index (χ2v) is 8.82. The van der Waals surface area contributed by atoms with E-state index in [-0.39, 0.29) is 12.1 Å². The number of nitro groups is 1. The maximum atomic E-state index is 12.1. The molecule has 0 amide bonds. The molecule has 0 saturated carbocycles. The molecule has 114 valence electrons. The smallest absolute Gasteiger partial charge is 0.258 e. The highest BCUT2D eigenvalue weighted by molar-refractivity contribution is 8.14. The molecule has 0 aromatic carbocycles. The number of hydrogen-bond donors (Lipinski definition) is 0. The van der Waals surface area contributed by atoms with E-state index in [1.165, 1.54) is 7.05 Å². The summed E-state index contributed by atoms with van der Waals surface area (Å²) >= 11 is 0. The third kappa shape index (κ3) is 3.67. The Balaban J connectivity index is 3.38. The van der Waals surface area contributed by atoms with Gasteiger partial charge in [0.25, 0.3) is 0 Å². The highest BCUT2D eigenvalue weighted by atomic mass is 35.7. The number of nitrogens with zero attached hydrogens (tertiary/aromatic N) is 3. The minimum atomic E-state index is -4.19. The number of hydrogen-bond acceptors (Lipinski definition) is 7. The molecule has 20 heavy (non-hydrogen) atoms. The van der Waals surface area contributed by atoms with Crippen LogP contribution in [0.15, 0.2) is 5.03 Å². The summed E-state index contributed by atoms with van der Waals surface area (Å²) < 4.78 is 46.6. The highest BCUT2D eigenvalue weighted by Gasteiger charge is 2.35. The van der Waals surface area contributed by atoms with Crippen molar-refractivity contribution >= 4 is 35.3 Å². The molecule has 9 nitrogen and oxygen atoms in total. The molecule has 0 saturated heterocycles. The Bertz CT molecular complexity index is 737. The van der Waals surface area contributed by atoms with Crippen molar-refractivity contribution in [1.29, 1.82) is 0 Å². The predicted molar refractivity (Wildman–Crippen MR) is 70.9 cm³/mol. The molecule has 1 heterocycles. The molecular weight excluding hydrogens is 334 g/mol. The molecule has 0 bridgehead atoms. The van der Waals surface area contributed by atoms with Gasteiger partial charge in [0.05, 0.1) is 16.4 Å². The molecule has 12 heteroatoms. The first-order chi connectivity index (χ1) is 8.99. The summed E-state index contributed by atoms with van der Waals surface area (Å²) in [5.74, 6) is -1.68. The number of halogens is 1. The van der Waals surface area contributed by atoms with E-state index in [4.69, 9.17) is 10.7 Å². The van der Waals surface area contributed by atoms with Gasteiger partial charge in [-0.25, -0.2) is 16.8 Å². The average molecular weight is 346 g/mol. The molecule has 0 N–H and O–H groups in total. The fourth-order valence-corrected chi connectivity index (χ4v) is 4.99. The molecule has 1 aromatic heterocycles. The van der Waals surface area contributed by atoms with Gasteiger partial charge in [-0.1, -0.05) is 6.92 Å². The standard InChI is InChI=1S/C8H12ClN3O6S2/c1-3-6-7(12(13)14)8(11(2)10-6)19(15,16)4-5-20(9,17)18/h3-5H2,1-2H3. The van der Waals surface area contributed by atoms with Crippen LogP contribution in [-0.4, -0.2) is 43.0 Å². The van der Waals surface area contributed by atoms with Crippen molar-refractivity contribution in [2.24, 2.45) is 7.05 Å². The van der Waals surface area contributed by atoms with Gasteiger partial charge in [-0.2, -0.15) is 5.10 Å². The van der Waals surface area contributed by atoms with E-state index in [0.29, 0.717) is 0 Å². The Labute approximate surface area is 120 Å². The van der Waals surface area contributed by atoms with Crippen molar-refractivity contribution in [3.63, 3.8) is 0 Å². The normalized spacial score (nSPS) is 12.6. The minimum Gasteiger partial charge on any atom is -0.258 e. The fraction of sp³-hybridized carbons (Fsp3) is 0.625. The molecule has 0 radical (unpaired) electrons. The van der Waals surface area contributed by atoms with Crippen LogP contribution in [0.3, 0.4) is 0 Å². The lowest BCUT2D eigenvalue weighted by Crippen LogP contribution is -2.18. The van der Waals surface area contributed by atoms with E-state index < -0.39 is 46.0 Å². The van der Waals surface area contributed by atoms with Gasteiger partial charge >= 0.3 is 5.69 Å². The van der Waals surface area contributed by atoms with Crippen LogP contribution < -0.4 is 0 Å². The van der Waals surface area contributed by atoms with E-state index in [0.717, 1.165) is 4.68 Å². The van der Waals surface area contributed by atoms with Gasteiger partial charge < -0.3 is 0 Å². The number of rotatable bonds is 6. The lowest BCUT2D eigenvalue weighted by molar-refractivity contribution is -0.388. The van der Waals surface area contributed by atoms with Crippen LogP contribution >= 0.6 is 10.7 Å². The van der Waals surface area contributed by atoms with E-state index in [2.05, 4.69) is 5.10 Å². The van der Waals surface area contributed by atoms with Gasteiger partial charge in [-0.3, -0.25) is 14.8 Å². The average Bonchev–Trinajstić information content (AvgIpc) is 2.63. The summed E-state index contributed by atoms with van der Waals surface area (Å²) in [6, 6.07) is 0. The number of aryl methyl sites for hydroxylation is 2. The molecule has 0 aliphatic carbocycles. The second-order valence-electron chi connectivity index (χ2n) is 3.90. The van der Waals surface area contributed by atoms with Crippen LogP contribution in [0.4, 0.5) is 5.69 Å². The molecule has 0 fully saturated rings. The first-order valence-corrected chi connectivity index (χ1v) is 9.48. The molecule has 0 aliphatic rings. The first kappa shape index (κ1) is 16.9. The Morgan fingerprint density at radius 3 is 2.25 bits per heavy atom. The van der Waals surface area contributed by atoms with E-state index >= 15 is 0 Å². The zero-order valence-electron chi connectivity index (χ0n) is 10.6. The van der Waals surface area contributed by atoms with Crippen LogP contribution in [0.25, 0.3) is 0 Å². The molecule has 0 unspecified atom stereocenters. The van der Waals surface area contributed by atoms with E-state index in [1.54, 1.807) is 6.92 Å².